The van der Waals surface area contributed by atoms with Crippen LogP contribution < -0.4 is 0 Å². The Morgan fingerprint density at radius 3 is 0.377 bits per heavy atom. The second-order valence-electron chi connectivity index (χ2n) is 35.8. The minimum atomic E-state index is -0.407. The summed E-state index contributed by atoms with van der Waals surface area (Å²) < 4.78 is 13.5. The van der Waals surface area contributed by atoms with Gasteiger partial charge in [0.25, 0.3) is 0 Å². The van der Waals surface area contributed by atoms with Crippen LogP contribution in [0.4, 0.5) is 0 Å². The highest BCUT2D eigenvalue weighted by molar-refractivity contribution is 5.82. The highest BCUT2D eigenvalue weighted by Crippen LogP contribution is 2.32. The van der Waals surface area contributed by atoms with E-state index in [-0.39, 0.29) is 11.9 Å². The SMILES string of the molecule is CCCCCCCCCCCCCCCCC(CCCCCCCCCCCCCCCC)COC(=O)C(CCCCCCCCCCCCCC)C(CCCCCCCCCCCCCCCC)C(=O)OCC(CCCCCCCCCCCCCCCC)CCCCCCCCCCCCCCCC. The summed E-state index contributed by atoms with van der Waals surface area (Å²) >= 11 is 0. The summed E-state index contributed by atoms with van der Waals surface area (Å²) in [4.78, 5) is 30.6. The van der Waals surface area contributed by atoms with Gasteiger partial charge in [-0.2, -0.15) is 0 Å². The molecule has 0 amide bonds. The van der Waals surface area contributed by atoms with E-state index in [1.165, 1.54) is 501 Å². The lowest BCUT2D eigenvalue weighted by Crippen LogP contribution is -2.34. The first-order valence-electron chi connectivity index (χ1n) is 50.8. The lowest BCUT2D eigenvalue weighted by atomic mass is 9.83. The van der Waals surface area contributed by atoms with E-state index in [0.29, 0.717) is 25.0 Å². The smallest absolute Gasteiger partial charge is 0.309 e. The van der Waals surface area contributed by atoms with Gasteiger partial charge in [0.1, 0.15) is 0 Å². The highest BCUT2D eigenvalue weighted by atomic mass is 16.5. The number of unbranched alkanes of at least 4 members (excludes halogenated alkanes) is 76. The van der Waals surface area contributed by atoms with Crippen molar-refractivity contribution in [2.75, 3.05) is 13.2 Å². The molecule has 0 fully saturated rings. The second kappa shape index (κ2) is 92.8. The molecule has 106 heavy (non-hydrogen) atoms. The monoisotopic (exact) mass is 1490 g/mol. The zero-order valence-corrected chi connectivity index (χ0v) is 74.6. The van der Waals surface area contributed by atoms with E-state index < -0.39 is 11.8 Å². The molecule has 4 nitrogen and oxygen atoms in total. The van der Waals surface area contributed by atoms with Crippen molar-refractivity contribution >= 4 is 11.9 Å². The van der Waals surface area contributed by atoms with Crippen molar-refractivity contribution < 1.29 is 19.1 Å². The van der Waals surface area contributed by atoms with E-state index in [0.717, 1.165) is 64.2 Å². The highest BCUT2D eigenvalue weighted by Gasteiger charge is 2.36. The molecule has 0 heterocycles. The molecule has 0 aromatic carbocycles. The maximum Gasteiger partial charge on any atom is 0.309 e. The third kappa shape index (κ3) is 81.0. The molecule has 0 aromatic heterocycles. The number of carbonyl (C=O) groups excluding carboxylic acids is 2. The molecule has 0 aliphatic heterocycles. The van der Waals surface area contributed by atoms with Crippen LogP contribution in [0.3, 0.4) is 0 Å². The summed E-state index contributed by atoms with van der Waals surface area (Å²) in [5.74, 6) is -0.126. The van der Waals surface area contributed by atoms with Gasteiger partial charge in [-0.1, -0.05) is 568 Å². The van der Waals surface area contributed by atoms with E-state index >= 15 is 9.59 Å². The Morgan fingerprint density at radius 2 is 0.255 bits per heavy atom. The van der Waals surface area contributed by atoms with Gasteiger partial charge >= 0.3 is 11.9 Å². The van der Waals surface area contributed by atoms with E-state index in [4.69, 9.17) is 9.47 Å². The summed E-state index contributed by atoms with van der Waals surface area (Å²) in [6.07, 6.45) is 118. The Bertz CT molecular complexity index is 1540. The Hall–Kier alpha value is -1.06. The van der Waals surface area contributed by atoms with Crippen molar-refractivity contribution in [1.82, 2.24) is 0 Å². The molecule has 0 saturated carbocycles. The van der Waals surface area contributed by atoms with E-state index in [1.807, 2.05) is 0 Å². The normalized spacial score (nSPS) is 12.4. The van der Waals surface area contributed by atoms with Crippen molar-refractivity contribution in [1.29, 1.82) is 0 Å². The molecule has 0 aliphatic rings. The number of hydrogen-bond donors (Lipinski definition) is 0. The maximum absolute atomic E-state index is 15.3. The van der Waals surface area contributed by atoms with Crippen LogP contribution in [0.15, 0.2) is 0 Å². The lowest BCUT2D eigenvalue weighted by molar-refractivity contribution is -0.163. The first-order chi connectivity index (χ1) is 52.5. The average Bonchev–Trinajstić information content (AvgIpc) is 0.858. The van der Waals surface area contributed by atoms with Crippen LogP contribution in [0.25, 0.3) is 0 Å². The zero-order chi connectivity index (χ0) is 76.5. The number of esters is 2. The van der Waals surface area contributed by atoms with Crippen molar-refractivity contribution in [2.24, 2.45) is 23.7 Å². The van der Waals surface area contributed by atoms with Gasteiger partial charge in [-0.05, 0) is 50.4 Å². The number of rotatable bonds is 95. The van der Waals surface area contributed by atoms with Crippen LogP contribution in [0.2, 0.25) is 0 Å². The van der Waals surface area contributed by atoms with Gasteiger partial charge in [0.05, 0.1) is 25.0 Å². The van der Waals surface area contributed by atoms with E-state index in [2.05, 4.69) is 41.5 Å². The zero-order valence-electron chi connectivity index (χ0n) is 74.6. The molecule has 0 N–H and O–H groups in total. The molecule has 2 unspecified atom stereocenters. The van der Waals surface area contributed by atoms with Crippen LogP contribution in [-0.2, 0) is 19.1 Å². The predicted octanol–water partition coefficient (Wildman–Crippen LogP) is 37.0. The van der Waals surface area contributed by atoms with Crippen LogP contribution in [0.5, 0.6) is 0 Å². The molecule has 0 aromatic rings. The molecule has 2 atom stereocenters. The number of ether oxygens (including phenoxy) is 2. The summed E-state index contributed by atoms with van der Waals surface area (Å²) in [6, 6.07) is 0. The topological polar surface area (TPSA) is 52.6 Å². The van der Waals surface area contributed by atoms with Gasteiger partial charge in [-0.25, -0.2) is 0 Å². The summed E-state index contributed by atoms with van der Waals surface area (Å²) in [5.41, 5.74) is 0. The third-order valence-corrected chi connectivity index (χ3v) is 25.1. The molecular formula is C102H202O4. The standard InChI is InChI=1S/C102H202O4/c1-7-13-19-25-31-37-43-49-54-59-65-71-77-83-89-97(90-84-78-72-66-60-55-50-44-38-32-26-20-14-8-2)95-105-101(103)99(93-87-81-75-69-63-48-42-36-30-24-18-12-6)100(94-88-82-76-70-64-58-53-47-41-35-29-23-17-11-5)102(104)106-96-98(91-85-79-73-67-61-56-51-45-39-33-27-21-15-9-3)92-86-80-74-68-62-57-52-46-40-34-28-22-16-10-4/h97-100H,7-96H2,1-6H3. The number of hydrogen-bond acceptors (Lipinski definition) is 4. The molecule has 0 spiro atoms. The Labute approximate surface area is 670 Å². The molecule has 634 valence electrons. The molecule has 4 heteroatoms. The van der Waals surface area contributed by atoms with Crippen molar-refractivity contribution in [2.45, 2.75) is 607 Å². The molecule has 0 bridgehead atoms. The fourth-order valence-corrected chi connectivity index (χ4v) is 17.5. The molecule has 0 aliphatic carbocycles. The fraction of sp³-hybridized carbons (Fsp3) is 0.980. The molecular weight excluding hydrogens is 1290 g/mol. The fourth-order valence-electron chi connectivity index (χ4n) is 17.5. The molecule has 0 rings (SSSR count). The Morgan fingerprint density at radius 1 is 0.151 bits per heavy atom. The largest absolute Gasteiger partial charge is 0.465 e. The van der Waals surface area contributed by atoms with E-state index in [1.54, 1.807) is 0 Å². The maximum atomic E-state index is 15.3. The van der Waals surface area contributed by atoms with Gasteiger partial charge in [-0.15, -0.1) is 0 Å². The summed E-state index contributed by atoms with van der Waals surface area (Å²) in [5, 5.41) is 0. The quantitative estimate of drug-likeness (QED) is 0.0450. The van der Waals surface area contributed by atoms with Crippen molar-refractivity contribution in [3.8, 4) is 0 Å². The van der Waals surface area contributed by atoms with Crippen LogP contribution >= 0.6 is 0 Å². The Balaban J connectivity index is 6.52. The van der Waals surface area contributed by atoms with Crippen LogP contribution in [-0.4, -0.2) is 25.2 Å². The van der Waals surface area contributed by atoms with Gasteiger partial charge in [0, 0.05) is 0 Å². The van der Waals surface area contributed by atoms with E-state index in [9.17, 15) is 0 Å². The van der Waals surface area contributed by atoms with Crippen molar-refractivity contribution in [3.05, 3.63) is 0 Å². The summed E-state index contributed by atoms with van der Waals surface area (Å²) in [7, 11) is 0. The van der Waals surface area contributed by atoms with Crippen molar-refractivity contribution in [3.63, 3.8) is 0 Å². The molecule has 0 saturated heterocycles. The van der Waals surface area contributed by atoms with Crippen LogP contribution in [0.1, 0.15) is 607 Å². The third-order valence-electron chi connectivity index (χ3n) is 25.1. The minimum absolute atomic E-state index is 0.0659. The predicted molar refractivity (Wildman–Crippen MR) is 476 cm³/mol. The van der Waals surface area contributed by atoms with Gasteiger partial charge in [-0.3, -0.25) is 9.59 Å². The first-order valence-corrected chi connectivity index (χ1v) is 50.8. The Kier molecular flexibility index (Phi) is 91.9. The summed E-state index contributed by atoms with van der Waals surface area (Å²) in [6.45, 7) is 15.0. The molecule has 0 radical (unpaired) electrons. The lowest BCUT2D eigenvalue weighted by Gasteiger charge is -2.27. The second-order valence-corrected chi connectivity index (χ2v) is 35.8. The minimum Gasteiger partial charge on any atom is -0.465 e. The number of carbonyl (C=O) groups is 2. The van der Waals surface area contributed by atoms with Gasteiger partial charge in [0.2, 0.25) is 0 Å². The van der Waals surface area contributed by atoms with Crippen LogP contribution in [0, 0.1) is 23.7 Å². The van der Waals surface area contributed by atoms with Gasteiger partial charge in [0.15, 0.2) is 0 Å². The van der Waals surface area contributed by atoms with Gasteiger partial charge < -0.3 is 9.47 Å². The first kappa shape index (κ1) is 105. The average molecular weight is 1490 g/mol.